The Labute approximate surface area is 99.7 Å². The van der Waals surface area contributed by atoms with E-state index >= 15 is 0 Å². The van der Waals surface area contributed by atoms with Gasteiger partial charge in [-0.1, -0.05) is 45.8 Å². The lowest BCUT2D eigenvalue weighted by atomic mass is 10.3. The monoisotopic (exact) mass is 329 g/mol. The molecule has 5 heteroatoms. The van der Waals surface area contributed by atoms with Crippen LogP contribution in [0.15, 0.2) is 18.2 Å². The SMILES string of the molecule is O=C(CI)Nc1cc(Cl)ccc1Cl. The first-order chi connectivity index (χ1) is 6.13. The normalized spacial score (nSPS) is 9.77. The summed E-state index contributed by atoms with van der Waals surface area (Å²) < 4.78 is 0.389. The van der Waals surface area contributed by atoms with Crippen molar-refractivity contribution >= 4 is 57.4 Å². The zero-order valence-electron chi connectivity index (χ0n) is 6.48. The summed E-state index contributed by atoms with van der Waals surface area (Å²) in [6, 6.07) is 4.93. The number of rotatable bonds is 2. The number of carbonyl (C=O) groups excluding carboxylic acids is 1. The van der Waals surface area contributed by atoms with Gasteiger partial charge in [0.15, 0.2) is 0 Å². The van der Waals surface area contributed by atoms with Crippen LogP contribution in [0.5, 0.6) is 0 Å². The average molecular weight is 330 g/mol. The van der Waals surface area contributed by atoms with Gasteiger partial charge in [-0.2, -0.15) is 0 Å². The van der Waals surface area contributed by atoms with Gasteiger partial charge in [-0.25, -0.2) is 0 Å². The summed E-state index contributed by atoms with van der Waals surface area (Å²) >= 11 is 13.5. The molecule has 0 aliphatic heterocycles. The summed E-state index contributed by atoms with van der Waals surface area (Å²) in [4.78, 5) is 11.0. The minimum Gasteiger partial charge on any atom is -0.324 e. The van der Waals surface area contributed by atoms with Gasteiger partial charge in [0.2, 0.25) is 5.91 Å². The van der Waals surface area contributed by atoms with Gasteiger partial charge in [-0.05, 0) is 18.2 Å². The Kier molecular flexibility index (Phi) is 4.28. The van der Waals surface area contributed by atoms with E-state index in [2.05, 4.69) is 5.32 Å². The number of carbonyl (C=O) groups is 1. The standard InChI is InChI=1S/C8H6Cl2INO/c9-5-1-2-6(10)7(3-5)12-8(13)4-11/h1-3H,4H2,(H,12,13). The van der Waals surface area contributed by atoms with E-state index in [1.54, 1.807) is 18.2 Å². The van der Waals surface area contributed by atoms with Gasteiger partial charge in [0.05, 0.1) is 15.1 Å². The first-order valence-electron chi connectivity index (χ1n) is 3.44. The fourth-order valence-electron chi connectivity index (χ4n) is 0.777. The van der Waals surface area contributed by atoms with Gasteiger partial charge in [-0.3, -0.25) is 4.79 Å². The fraction of sp³-hybridized carbons (Fsp3) is 0.125. The van der Waals surface area contributed by atoms with Crippen molar-refractivity contribution in [2.24, 2.45) is 0 Å². The van der Waals surface area contributed by atoms with Crippen molar-refractivity contribution in [2.45, 2.75) is 0 Å². The Bertz CT molecular complexity index is 330. The topological polar surface area (TPSA) is 29.1 Å². The molecule has 0 unspecified atom stereocenters. The third-order valence-corrected chi connectivity index (χ3v) is 2.58. The second-order valence-corrected chi connectivity index (χ2v) is 3.91. The molecule has 0 aromatic heterocycles. The van der Waals surface area contributed by atoms with Crippen LogP contribution in [0.1, 0.15) is 0 Å². The van der Waals surface area contributed by atoms with Crippen molar-refractivity contribution in [3.63, 3.8) is 0 Å². The van der Waals surface area contributed by atoms with Crippen molar-refractivity contribution in [2.75, 3.05) is 9.74 Å². The Morgan fingerprint density at radius 2 is 2.15 bits per heavy atom. The van der Waals surface area contributed by atoms with Crippen molar-refractivity contribution in [3.8, 4) is 0 Å². The van der Waals surface area contributed by atoms with E-state index in [4.69, 9.17) is 23.2 Å². The van der Waals surface area contributed by atoms with E-state index in [1.165, 1.54) is 0 Å². The molecule has 1 amide bonds. The molecule has 0 saturated carbocycles. The maximum atomic E-state index is 11.0. The zero-order valence-corrected chi connectivity index (χ0v) is 10.2. The van der Waals surface area contributed by atoms with E-state index in [-0.39, 0.29) is 5.91 Å². The molecular weight excluding hydrogens is 324 g/mol. The lowest BCUT2D eigenvalue weighted by molar-refractivity contribution is -0.113. The average Bonchev–Trinajstić information content (AvgIpc) is 2.11. The first-order valence-corrected chi connectivity index (χ1v) is 5.72. The van der Waals surface area contributed by atoms with Crippen molar-refractivity contribution < 1.29 is 4.79 Å². The number of alkyl halides is 1. The smallest absolute Gasteiger partial charge is 0.234 e. The van der Waals surface area contributed by atoms with E-state index in [9.17, 15) is 4.79 Å². The number of benzene rings is 1. The largest absolute Gasteiger partial charge is 0.324 e. The van der Waals surface area contributed by atoms with Crippen LogP contribution in [0.2, 0.25) is 10.0 Å². The van der Waals surface area contributed by atoms with E-state index in [1.807, 2.05) is 22.6 Å². The molecule has 0 saturated heterocycles. The molecule has 70 valence electrons. The minimum absolute atomic E-state index is 0.0928. The van der Waals surface area contributed by atoms with Crippen molar-refractivity contribution in [3.05, 3.63) is 28.2 Å². The number of hydrogen-bond acceptors (Lipinski definition) is 1. The summed E-state index contributed by atoms with van der Waals surface area (Å²) in [7, 11) is 0. The number of hydrogen-bond donors (Lipinski definition) is 1. The predicted octanol–water partition coefficient (Wildman–Crippen LogP) is 3.37. The third-order valence-electron chi connectivity index (χ3n) is 1.32. The Hall–Kier alpha value is -0.000000000000000111. The highest BCUT2D eigenvalue weighted by molar-refractivity contribution is 14.1. The maximum Gasteiger partial charge on any atom is 0.234 e. The molecule has 1 aromatic carbocycles. The van der Waals surface area contributed by atoms with Gasteiger partial charge >= 0.3 is 0 Å². The highest BCUT2D eigenvalue weighted by Gasteiger charge is 2.04. The predicted molar refractivity (Wildman–Crippen MR) is 64.0 cm³/mol. The summed E-state index contributed by atoms with van der Waals surface area (Å²) in [5, 5.41) is 3.68. The molecule has 2 nitrogen and oxygen atoms in total. The summed E-state index contributed by atoms with van der Waals surface area (Å²) in [5.41, 5.74) is 0.552. The van der Waals surface area contributed by atoms with Crippen molar-refractivity contribution in [1.82, 2.24) is 0 Å². The summed E-state index contributed by atoms with van der Waals surface area (Å²) in [5.74, 6) is -0.0928. The van der Waals surface area contributed by atoms with Crippen LogP contribution in [-0.4, -0.2) is 10.3 Å². The molecule has 0 fully saturated rings. The van der Waals surface area contributed by atoms with Crippen LogP contribution in [0.25, 0.3) is 0 Å². The zero-order chi connectivity index (χ0) is 9.84. The number of halogens is 3. The van der Waals surface area contributed by atoms with Gasteiger partial charge in [-0.15, -0.1) is 0 Å². The van der Waals surface area contributed by atoms with Crippen LogP contribution >= 0.6 is 45.8 Å². The maximum absolute atomic E-state index is 11.0. The Morgan fingerprint density at radius 3 is 2.77 bits per heavy atom. The Morgan fingerprint density at radius 1 is 1.46 bits per heavy atom. The number of nitrogens with one attached hydrogen (secondary N) is 1. The lowest BCUT2D eigenvalue weighted by Crippen LogP contribution is -2.12. The molecule has 1 rings (SSSR count). The summed E-state index contributed by atoms with van der Waals surface area (Å²) in [6.07, 6.45) is 0. The molecular formula is C8H6Cl2INO. The highest BCUT2D eigenvalue weighted by atomic mass is 127. The highest BCUT2D eigenvalue weighted by Crippen LogP contribution is 2.25. The third kappa shape index (κ3) is 3.32. The van der Waals surface area contributed by atoms with Gasteiger partial charge in [0.25, 0.3) is 0 Å². The second kappa shape index (κ2) is 5.02. The van der Waals surface area contributed by atoms with Crippen LogP contribution in [0, 0.1) is 0 Å². The molecule has 0 radical (unpaired) electrons. The molecule has 0 aliphatic rings. The van der Waals surface area contributed by atoms with Crippen molar-refractivity contribution in [1.29, 1.82) is 0 Å². The van der Waals surface area contributed by atoms with Crippen LogP contribution < -0.4 is 5.32 Å². The molecule has 0 spiro atoms. The molecule has 1 N–H and O–H groups in total. The molecule has 0 heterocycles. The fourth-order valence-corrected chi connectivity index (χ4v) is 1.30. The quantitative estimate of drug-likeness (QED) is 0.654. The number of amides is 1. The Balaban J connectivity index is 2.87. The number of anilines is 1. The van der Waals surface area contributed by atoms with E-state index in [0.29, 0.717) is 20.2 Å². The molecule has 0 aliphatic carbocycles. The van der Waals surface area contributed by atoms with Crippen LogP contribution in [0.3, 0.4) is 0 Å². The molecule has 0 bridgehead atoms. The van der Waals surface area contributed by atoms with Crippen LogP contribution in [-0.2, 0) is 4.79 Å². The first kappa shape index (κ1) is 11.1. The van der Waals surface area contributed by atoms with Gasteiger partial charge < -0.3 is 5.32 Å². The van der Waals surface area contributed by atoms with E-state index in [0.717, 1.165) is 0 Å². The van der Waals surface area contributed by atoms with Crippen LogP contribution in [0.4, 0.5) is 5.69 Å². The molecule has 0 atom stereocenters. The van der Waals surface area contributed by atoms with Gasteiger partial charge in [0, 0.05) is 5.02 Å². The lowest BCUT2D eigenvalue weighted by Gasteiger charge is -2.05. The molecule has 1 aromatic rings. The summed E-state index contributed by atoms with van der Waals surface area (Å²) in [6.45, 7) is 0. The van der Waals surface area contributed by atoms with E-state index < -0.39 is 0 Å². The minimum atomic E-state index is -0.0928. The second-order valence-electron chi connectivity index (χ2n) is 2.31. The molecule has 13 heavy (non-hydrogen) atoms. The van der Waals surface area contributed by atoms with Gasteiger partial charge in [0.1, 0.15) is 0 Å².